The zero-order valence-corrected chi connectivity index (χ0v) is 13.6. The van der Waals surface area contributed by atoms with E-state index in [1.807, 2.05) is 6.92 Å². The van der Waals surface area contributed by atoms with E-state index >= 15 is 0 Å². The lowest BCUT2D eigenvalue weighted by Crippen LogP contribution is -2.10. The summed E-state index contributed by atoms with van der Waals surface area (Å²) in [7, 11) is -3.73. The minimum atomic E-state index is -3.73. The van der Waals surface area contributed by atoms with Crippen LogP contribution in [-0.4, -0.2) is 27.9 Å². The minimum Gasteiger partial charge on any atom is -0.494 e. The van der Waals surface area contributed by atoms with E-state index in [9.17, 15) is 13.2 Å². The lowest BCUT2D eigenvalue weighted by atomic mass is 10.2. The maximum absolute atomic E-state index is 12.0. The Kier molecular flexibility index (Phi) is 5.90. The first-order valence-electron chi connectivity index (χ1n) is 7.15. The number of aryl methyl sites for hydroxylation is 1. The number of hydrogen-bond acceptors (Lipinski definition) is 5. The third-order valence-electron chi connectivity index (χ3n) is 3.12. The Hall–Kier alpha value is -2.18. The van der Waals surface area contributed by atoms with Gasteiger partial charge in [0.25, 0.3) is 10.1 Å². The van der Waals surface area contributed by atoms with Crippen LogP contribution in [0.25, 0.3) is 0 Å². The Bertz CT molecular complexity index is 734. The van der Waals surface area contributed by atoms with Crippen LogP contribution < -0.4 is 4.74 Å². The number of ether oxygens (including phenoxy) is 1. The highest BCUT2D eigenvalue weighted by atomic mass is 32.2. The molecule has 23 heavy (non-hydrogen) atoms. The van der Waals surface area contributed by atoms with Gasteiger partial charge in [-0.1, -0.05) is 17.7 Å². The summed E-state index contributed by atoms with van der Waals surface area (Å²) in [6, 6.07) is 13.2. The summed E-state index contributed by atoms with van der Waals surface area (Å²) in [5.41, 5.74) is 1.56. The molecule has 0 aliphatic rings. The maximum Gasteiger partial charge on any atom is 0.296 e. The van der Waals surface area contributed by atoms with Crippen molar-refractivity contribution in [2.45, 2.75) is 18.2 Å². The maximum atomic E-state index is 12.0. The van der Waals surface area contributed by atoms with Crippen LogP contribution in [0.4, 0.5) is 0 Å². The van der Waals surface area contributed by atoms with Crippen molar-refractivity contribution in [3.8, 4) is 5.75 Å². The molecule has 122 valence electrons. The lowest BCUT2D eigenvalue weighted by molar-refractivity contribution is 0.112. The second kappa shape index (κ2) is 7.89. The van der Waals surface area contributed by atoms with Gasteiger partial charge in [0.1, 0.15) is 12.0 Å². The van der Waals surface area contributed by atoms with Gasteiger partial charge in [-0.3, -0.25) is 8.98 Å². The first-order valence-corrected chi connectivity index (χ1v) is 8.56. The highest BCUT2D eigenvalue weighted by Gasteiger charge is 2.14. The molecular weight excluding hydrogens is 316 g/mol. The fraction of sp³-hybridized carbons (Fsp3) is 0.235. The van der Waals surface area contributed by atoms with E-state index in [0.29, 0.717) is 24.3 Å². The van der Waals surface area contributed by atoms with Crippen LogP contribution in [0.2, 0.25) is 0 Å². The molecule has 2 aromatic carbocycles. The summed E-state index contributed by atoms with van der Waals surface area (Å²) in [5, 5.41) is 0. The fourth-order valence-corrected chi connectivity index (χ4v) is 2.78. The Morgan fingerprint density at radius 2 is 1.61 bits per heavy atom. The summed E-state index contributed by atoms with van der Waals surface area (Å²) in [6.07, 6.45) is 1.19. The zero-order valence-electron chi connectivity index (χ0n) is 12.8. The molecule has 0 fully saturated rings. The van der Waals surface area contributed by atoms with Crippen molar-refractivity contribution in [2.75, 3.05) is 13.2 Å². The van der Waals surface area contributed by atoms with Crippen molar-refractivity contribution in [3.05, 3.63) is 59.7 Å². The SMILES string of the molecule is Cc1ccc(S(=O)(=O)OCCCOc2ccc(C=O)cc2)cc1. The summed E-state index contributed by atoms with van der Waals surface area (Å²) in [4.78, 5) is 10.7. The molecular formula is C17H18O5S. The molecule has 0 heterocycles. The fourth-order valence-electron chi connectivity index (χ4n) is 1.83. The predicted octanol–water partition coefficient (Wildman–Crippen LogP) is 2.98. The molecule has 0 N–H and O–H groups in total. The van der Waals surface area contributed by atoms with Crippen LogP contribution in [0.5, 0.6) is 5.75 Å². The summed E-state index contributed by atoms with van der Waals surface area (Å²) in [5.74, 6) is 0.622. The third kappa shape index (κ3) is 5.19. The van der Waals surface area contributed by atoms with E-state index in [4.69, 9.17) is 8.92 Å². The molecule has 0 spiro atoms. The second-order valence-corrected chi connectivity index (χ2v) is 6.59. The van der Waals surface area contributed by atoms with E-state index < -0.39 is 10.1 Å². The van der Waals surface area contributed by atoms with Gasteiger partial charge in [0, 0.05) is 12.0 Å². The molecule has 0 aliphatic heterocycles. The van der Waals surface area contributed by atoms with Crippen LogP contribution in [0.1, 0.15) is 22.3 Å². The van der Waals surface area contributed by atoms with E-state index in [0.717, 1.165) is 11.8 Å². The molecule has 0 amide bonds. The van der Waals surface area contributed by atoms with Gasteiger partial charge < -0.3 is 4.74 Å². The highest BCUT2D eigenvalue weighted by Crippen LogP contribution is 2.14. The lowest BCUT2D eigenvalue weighted by Gasteiger charge is -2.08. The Morgan fingerprint density at radius 1 is 0.957 bits per heavy atom. The number of benzene rings is 2. The molecule has 2 aromatic rings. The normalized spacial score (nSPS) is 11.2. The number of hydrogen-bond donors (Lipinski definition) is 0. The number of carbonyl (C=O) groups excluding carboxylic acids is 1. The summed E-state index contributed by atoms with van der Waals surface area (Å²) >= 11 is 0. The van der Waals surface area contributed by atoms with Gasteiger partial charge in [0.2, 0.25) is 0 Å². The van der Waals surface area contributed by atoms with Crippen molar-refractivity contribution >= 4 is 16.4 Å². The average molecular weight is 334 g/mol. The summed E-state index contributed by atoms with van der Waals surface area (Å²) < 4.78 is 34.3. The number of aldehydes is 1. The van der Waals surface area contributed by atoms with E-state index in [1.165, 1.54) is 12.1 Å². The molecule has 0 radical (unpaired) electrons. The number of rotatable bonds is 8. The molecule has 2 rings (SSSR count). The molecule has 0 atom stereocenters. The zero-order chi connectivity index (χ0) is 16.7. The predicted molar refractivity (Wildman–Crippen MR) is 86.3 cm³/mol. The molecule has 6 heteroatoms. The number of carbonyl (C=O) groups is 1. The average Bonchev–Trinajstić information content (AvgIpc) is 2.55. The van der Waals surface area contributed by atoms with E-state index in [-0.39, 0.29) is 11.5 Å². The van der Waals surface area contributed by atoms with E-state index in [1.54, 1.807) is 36.4 Å². The molecule has 0 aromatic heterocycles. The van der Waals surface area contributed by atoms with E-state index in [2.05, 4.69) is 0 Å². The van der Waals surface area contributed by atoms with Crippen molar-refractivity contribution in [2.24, 2.45) is 0 Å². The van der Waals surface area contributed by atoms with Crippen LogP contribution in [-0.2, 0) is 14.3 Å². The first kappa shape index (κ1) is 17.2. The Labute approximate surface area is 136 Å². The van der Waals surface area contributed by atoms with Crippen molar-refractivity contribution in [3.63, 3.8) is 0 Å². The van der Waals surface area contributed by atoms with Gasteiger partial charge in [0.05, 0.1) is 18.1 Å². The molecule has 0 saturated heterocycles. The van der Waals surface area contributed by atoms with Crippen LogP contribution in [0, 0.1) is 6.92 Å². The van der Waals surface area contributed by atoms with Gasteiger partial charge in [-0.25, -0.2) is 0 Å². The van der Waals surface area contributed by atoms with Crippen LogP contribution in [0.3, 0.4) is 0 Å². The largest absolute Gasteiger partial charge is 0.494 e. The van der Waals surface area contributed by atoms with Gasteiger partial charge in [-0.15, -0.1) is 0 Å². The van der Waals surface area contributed by atoms with Gasteiger partial charge in [-0.2, -0.15) is 8.42 Å². The Morgan fingerprint density at radius 3 is 2.22 bits per heavy atom. The molecule has 0 bridgehead atoms. The van der Waals surface area contributed by atoms with Gasteiger partial charge in [-0.05, 0) is 43.3 Å². The quantitative estimate of drug-likeness (QED) is 0.422. The monoisotopic (exact) mass is 334 g/mol. The first-order chi connectivity index (χ1) is 11.0. The van der Waals surface area contributed by atoms with Gasteiger partial charge in [0.15, 0.2) is 0 Å². The Balaban J connectivity index is 1.76. The molecule has 5 nitrogen and oxygen atoms in total. The van der Waals surface area contributed by atoms with Crippen molar-refractivity contribution < 1.29 is 22.1 Å². The topological polar surface area (TPSA) is 69.7 Å². The van der Waals surface area contributed by atoms with Crippen LogP contribution >= 0.6 is 0 Å². The minimum absolute atomic E-state index is 0.0443. The molecule has 0 unspecified atom stereocenters. The standard InChI is InChI=1S/C17H18O5S/c1-14-3-9-17(10-4-14)23(19,20)22-12-2-11-21-16-7-5-15(13-18)6-8-16/h3-10,13H,2,11-12H2,1H3. The van der Waals surface area contributed by atoms with Crippen molar-refractivity contribution in [1.82, 2.24) is 0 Å². The molecule has 0 saturated carbocycles. The van der Waals surface area contributed by atoms with Gasteiger partial charge >= 0.3 is 0 Å². The second-order valence-electron chi connectivity index (χ2n) is 4.98. The highest BCUT2D eigenvalue weighted by molar-refractivity contribution is 7.86. The van der Waals surface area contributed by atoms with Crippen LogP contribution in [0.15, 0.2) is 53.4 Å². The smallest absolute Gasteiger partial charge is 0.296 e. The summed E-state index contributed by atoms with van der Waals surface area (Å²) in [6.45, 7) is 2.25. The third-order valence-corrected chi connectivity index (χ3v) is 4.45. The molecule has 0 aliphatic carbocycles. The van der Waals surface area contributed by atoms with Crippen molar-refractivity contribution in [1.29, 1.82) is 0 Å².